The van der Waals surface area contributed by atoms with Crippen LogP contribution in [0.1, 0.15) is 5.56 Å². The molecule has 136 valence electrons. The Bertz CT molecular complexity index is 840. The van der Waals surface area contributed by atoms with E-state index in [0.717, 1.165) is 20.7 Å². The molecule has 3 rings (SSSR count). The lowest BCUT2D eigenvalue weighted by Gasteiger charge is -2.45. The SMILES string of the molecule is C=CS(=O)(=O)N1CCN2c3ncc(C(F)(F)F)cc3N(C)C(=O)C2C1. The van der Waals surface area contributed by atoms with Crippen LogP contribution in [-0.4, -0.2) is 56.3 Å². The van der Waals surface area contributed by atoms with E-state index in [4.69, 9.17) is 0 Å². The number of carbonyl (C=O) groups is 1. The second kappa shape index (κ2) is 5.70. The lowest BCUT2D eigenvalue weighted by Crippen LogP contribution is -2.63. The molecular formula is C14H15F3N4O3S. The van der Waals surface area contributed by atoms with E-state index in [1.807, 2.05) is 0 Å². The van der Waals surface area contributed by atoms with Crippen LogP contribution in [0.4, 0.5) is 24.7 Å². The first kappa shape index (κ1) is 17.7. The zero-order valence-electron chi connectivity index (χ0n) is 13.2. The van der Waals surface area contributed by atoms with Crippen molar-refractivity contribution in [3.63, 3.8) is 0 Å². The van der Waals surface area contributed by atoms with E-state index >= 15 is 0 Å². The maximum absolute atomic E-state index is 12.9. The molecule has 0 saturated carbocycles. The molecular weight excluding hydrogens is 361 g/mol. The zero-order valence-corrected chi connectivity index (χ0v) is 14.0. The summed E-state index contributed by atoms with van der Waals surface area (Å²) in [7, 11) is -2.34. The molecule has 1 fully saturated rings. The fourth-order valence-corrected chi connectivity index (χ4v) is 3.87. The number of pyridine rings is 1. The van der Waals surface area contributed by atoms with Crippen LogP contribution in [0, 0.1) is 0 Å². The van der Waals surface area contributed by atoms with E-state index in [-0.39, 0.29) is 31.1 Å². The molecule has 1 aromatic heterocycles. The third kappa shape index (κ3) is 2.86. The summed E-state index contributed by atoms with van der Waals surface area (Å²) >= 11 is 0. The number of carbonyl (C=O) groups excluding carboxylic acids is 1. The summed E-state index contributed by atoms with van der Waals surface area (Å²) < 4.78 is 63.7. The van der Waals surface area contributed by atoms with E-state index in [2.05, 4.69) is 11.6 Å². The second-order valence-electron chi connectivity index (χ2n) is 5.74. The van der Waals surface area contributed by atoms with Gasteiger partial charge in [-0.3, -0.25) is 4.79 Å². The van der Waals surface area contributed by atoms with Gasteiger partial charge in [-0.1, -0.05) is 6.58 Å². The number of rotatable bonds is 2. The number of amides is 1. The Morgan fingerprint density at radius 3 is 2.64 bits per heavy atom. The third-order valence-electron chi connectivity index (χ3n) is 4.34. The lowest BCUT2D eigenvalue weighted by atomic mass is 10.1. The molecule has 0 aromatic carbocycles. The van der Waals surface area contributed by atoms with E-state index in [0.29, 0.717) is 6.20 Å². The van der Waals surface area contributed by atoms with E-state index in [1.54, 1.807) is 4.90 Å². The number of hydrogen-bond donors (Lipinski definition) is 0. The van der Waals surface area contributed by atoms with Crippen LogP contribution in [0.5, 0.6) is 0 Å². The summed E-state index contributed by atoms with van der Waals surface area (Å²) in [4.78, 5) is 19.1. The number of aromatic nitrogens is 1. The minimum Gasteiger partial charge on any atom is -0.340 e. The number of sulfonamides is 1. The fraction of sp³-hybridized carbons (Fsp3) is 0.429. The minimum absolute atomic E-state index is 0.0519. The maximum Gasteiger partial charge on any atom is 0.417 e. The number of nitrogens with zero attached hydrogens (tertiary/aromatic N) is 4. The van der Waals surface area contributed by atoms with Crippen molar-refractivity contribution >= 4 is 27.4 Å². The highest BCUT2D eigenvalue weighted by molar-refractivity contribution is 7.92. The Morgan fingerprint density at radius 1 is 1.36 bits per heavy atom. The van der Waals surface area contributed by atoms with Crippen LogP contribution in [0.3, 0.4) is 0 Å². The molecule has 0 aliphatic carbocycles. The molecule has 0 N–H and O–H groups in total. The van der Waals surface area contributed by atoms with Gasteiger partial charge in [0.05, 0.1) is 11.3 Å². The molecule has 3 heterocycles. The van der Waals surface area contributed by atoms with Gasteiger partial charge in [0.1, 0.15) is 6.04 Å². The predicted molar refractivity (Wildman–Crippen MR) is 84.5 cm³/mol. The number of piperazine rings is 1. The largest absolute Gasteiger partial charge is 0.417 e. The van der Waals surface area contributed by atoms with Crippen molar-refractivity contribution < 1.29 is 26.4 Å². The van der Waals surface area contributed by atoms with Crippen molar-refractivity contribution in [2.24, 2.45) is 0 Å². The van der Waals surface area contributed by atoms with E-state index in [1.165, 1.54) is 7.05 Å². The van der Waals surface area contributed by atoms with Gasteiger partial charge < -0.3 is 9.80 Å². The van der Waals surface area contributed by atoms with Gasteiger partial charge in [-0.25, -0.2) is 13.4 Å². The van der Waals surface area contributed by atoms with Gasteiger partial charge in [0.2, 0.25) is 10.0 Å². The number of alkyl halides is 3. The number of fused-ring (bicyclic) bond motifs is 3. The summed E-state index contributed by atoms with van der Waals surface area (Å²) in [5, 5.41) is 0.807. The Hall–Kier alpha value is -2.14. The van der Waals surface area contributed by atoms with Crippen LogP contribution < -0.4 is 9.80 Å². The zero-order chi connectivity index (χ0) is 18.6. The van der Waals surface area contributed by atoms with Crippen molar-refractivity contribution in [2.45, 2.75) is 12.2 Å². The Morgan fingerprint density at radius 2 is 2.04 bits per heavy atom. The number of likely N-dealkylation sites (N-methyl/N-ethyl adjacent to an activating group) is 1. The molecule has 7 nitrogen and oxygen atoms in total. The first-order chi connectivity index (χ1) is 11.6. The average Bonchev–Trinajstić information content (AvgIpc) is 2.57. The highest BCUT2D eigenvalue weighted by atomic mass is 32.2. The fourth-order valence-electron chi connectivity index (χ4n) is 2.97. The summed E-state index contributed by atoms with van der Waals surface area (Å²) in [6, 6.07) is 0.0359. The average molecular weight is 376 g/mol. The monoisotopic (exact) mass is 376 g/mol. The molecule has 0 bridgehead atoms. The Balaban J connectivity index is 2.00. The third-order valence-corrected chi connectivity index (χ3v) is 5.81. The number of anilines is 2. The number of halogens is 3. The summed E-state index contributed by atoms with van der Waals surface area (Å²) in [6.07, 6.45) is -3.86. The summed E-state index contributed by atoms with van der Waals surface area (Å²) in [5.41, 5.74) is -0.895. The van der Waals surface area contributed by atoms with Crippen molar-refractivity contribution in [1.29, 1.82) is 0 Å². The predicted octanol–water partition coefficient (Wildman–Crippen LogP) is 1.04. The summed E-state index contributed by atoms with van der Waals surface area (Å²) in [6.45, 7) is 3.37. The van der Waals surface area contributed by atoms with Crippen LogP contribution in [-0.2, 0) is 21.0 Å². The van der Waals surface area contributed by atoms with Gasteiger partial charge >= 0.3 is 6.18 Å². The van der Waals surface area contributed by atoms with Gasteiger partial charge in [-0.2, -0.15) is 17.5 Å². The van der Waals surface area contributed by atoms with E-state index in [9.17, 15) is 26.4 Å². The molecule has 1 aromatic rings. The van der Waals surface area contributed by atoms with Crippen LogP contribution >= 0.6 is 0 Å². The first-order valence-electron chi connectivity index (χ1n) is 7.30. The van der Waals surface area contributed by atoms with Crippen LogP contribution in [0.15, 0.2) is 24.3 Å². The minimum atomic E-state index is -4.57. The Kier molecular flexibility index (Phi) is 4.03. The lowest BCUT2D eigenvalue weighted by molar-refractivity contribution is -0.137. The molecule has 2 aliphatic rings. The smallest absolute Gasteiger partial charge is 0.340 e. The van der Waals surface area contributed by atoms with Gasteiger partial charge in [0.25, 0.3) is 5.91 Å². The van der Waals surface area contributed by atoms with E-state index < -0.39 is 33.7 Å². The van der Waals surface area contributed by atoms with Crippen molar-refractivity contribution in [3.05, 3.63) is 29.8 Å². The first-order valence-corrected chi connectivity index (χ1v) is 8.80. The molecule has 0 spiro atoms. The summed E-state index contributed by atoms with van der Waals surface area (Å²) in [5.74, 6) is -0.256. The topological polar surface area (TPSA) is 73.8 Å². The second-order valence-corrected chi connectivity index (χ2v) is 7.62. The normalized spacial score (nSPS) is 21.8. The molecule has 1 amide bonds. The molecule has 0 radical (unpaired) electrons. The molecule has 25 heavy (non-hydrogen) atoms. The van der Waals surface area contributed by atoms with Gasteiger partial charge in [-0.05, 0) is 6.07 Å². The quantitative estimate of drug-likeness (QED) is 0.771. The van der Waals surface area contributed by atoms with Gasteiger partial charge in [-0.15, -0.1) is 0 Å². The molecule has 2 aliphatic heterocycles. The van der Waals surface area contributed by atoms with Crippen molar-refractivity contribution in [3.8, 4) is 0 Å². The van der Waals surface area contributed by atoms with Gasteiger partial charge in [0, 0.05) is 38.3 Å². The van der Waals surface area contributed by atoms with Crippen molar-refractivity contribution in [1.82, 2.24) is 9.29 Å². The molecule has 1 unspecified atom stereocenters. The highest BCUT2D eigenvalue weighted by Gasteiger charge is 2.44. The molecule has 11 heteroatoms. The number of hydrogen-bond acceptors (Lipinski definition) is 5. The van der Waals surface area contributed by atoms with Gasteiger partial charge in [0.15, 0.2) is 5.82 Å². The highest BCUT2D eigenvalue weighted by Crippen LogP contribution is 2.39. The maximum atomic E-state index is 12.9. The molecule has 1 saturated heterocycles. The van der Waals surface area contributed by atoms with Crippen molar-refractivity contribution in [2.75, 3.05) is 36.5 Å². The Labute approximate surface area is 142 Å². The molecule has 1 atom stereocenters. The van der Waals surface area contributed by atoms with Crippen LogP contribution in [0.2, 0.25) is 0 Å². The van der Waals surface area contributed by atoms with Crippen LogP contribution in [0.25, 0.3) is 0 Å². The standard InChI is InChI=1S/C14H15F3N4O3S/c1-3-25(23,24)20-4-5-21-11(8-20)13(22)19(2)10-6-9(14(15,16)17)7-18-12(10)21/h3,6-7,11H,1,4-5,8H2,2H3.